The van der Waals surface area contributed by atoms with Gasteiger partial charge >= 0.3 is 0 Å². The molecule has 0 saturated carbocycles. The van der Waals surface area contributed by atoms with Crippen molar-refractivity contribution in [2.45, 2.75) is 13.3 Å². The lowest BCUT2D eigenvalue weighted by atomic mass is 10.3. The van der Waals surface area contributed by atoms with Gasteiger partial charge in [0.05, 0.1) is 20.4 Å². The van der Waals surface area contributed by atoms with Gasteiger partial charge in [-0.05, 0) is 35.0 Å². The van der Waals surface area contributed by atoms with E-state index < -0.39 is 0 Å². The number of rotatable bonds is 3. The highest BCUT2D eigenvalue weighted by molar-refractivity contribution is 8.01. The molecule has 1 nitrogen and oxygen atoms in total. The maximum atomic E-state index is 5.28. The zero-order valence-electron chi connectivity index (χ0n) is 10.9. The Labute approximate surface area is 137 Å². The first-order valence-corrected chi connectivity index (χ1v) is 8.88. The SMILES string of the molecule is COc1ccccc1Sc1cccs1.Sc1cccs1. The number of thiophene rings is 2. The van der Waals surface area contributed by atoms with Gasteiger partial charge in [-0.25, -0.2) is 0 Å². The molecule has 0 aliphatic heterocycles. The van der Waals surface area contributed by atoms with Gasteiger partial charge in [0.2, 0.25) is 0 Å². The molecular weight excluding hydrogens is 324 g/mol. The Morgan fingerprint density at radius 2 is 1.70 bits per heavy atom. The van der Waals surface area contributed by atoms with Crippen LogP contribution in [0, 0.1) is 0 Å². The topological polar surface area (TPSA) is 9.23 Å². The van der Waals surface area contributed by atoms with E-state index in [0.717, 1.165) is 14.9 Å². The van der Waals surface area contributed by atoms with Crippen LogP contribution in [-0.4, -0.2) is 7.11 Å². The molecule has 0 aliphatic rings. The lowest BCUT2D eigenvalue weighted by molar-refractivity contribution is 0.405. The van der Waals surface area contributed by atoms with Crippen molar-refractivity contribution in [1.29, 1.82) is 0 Å². The molecule has 20 heavy (non-hydrogen) atoms. The van der Waals surface area contributed by atoms with Crippen LogP contribution in [0.2, 0.25) is 0 Å². The fourth-order valence-electron chi connectivity index (χ4n) is 1.40. The second kappa shape index (κ2) is 8.42. The maximum Gasteiger partial charge on any atom is 0.132 e. The van der Waals surface area contributed by atoms with Crippen LogP contribution >= 0.6 is 47.1 Å². The van der Waals surface area contributed by atoms with Gasteiger partial charge in [-0.3, -0.25) is 0 Å². The Balaban J connectivity index is 0.000000205. The van der Waals surface area contributed by atoms with Crippen LogP contribution in [0.1, 0.15) is 0 Å². The summed E-state index contributed by atoms with van der Waals surface area (Å²) >= 11 is 9.18. The molecule has 3 rings (SSSR count). The zero-order chi connectivity index (χ0) is 14.2. The zero-order valence-corrected chi connectivity index (χ0v) is 14.2. The van der Waals surface area contributed by atoms with Crippen molar-refractivity contribution in [3.05, 3.63) is 59.3 Å². The second-order valence-corrected chi connectivity index (χ2v) is 7.66. The number of benzene rings is 1. The molecule has 0 N–H and O–H groups in total. The number of thiol groups is 1. The van der Waals surface area contributed by atoms with Gasteiger partial charge in [0, 0.05) is 0 Å². The first kappa shape index (κ1) is 15.5. The van der Waals surface area contributed by atoms with E-state index >= 15 is 0 Å². The second-order valence-electron chi connectivity index (χ2n) is 3.64. The van der Waals surface area contributed by atoms with Crippen LogP contribution in [-0.2, 0) is 0 Å². The summed E-state index contributed by atoms with van der Waals surface area (Å²) in [6.07, 6.45) is 0. The number of ether oxygens (including phenoxy) is 1. The van der Waals surface area contributed by atoms with Crippen LogP contribution in [0.5, 0.6) is 5.75 Å². The fourth-order valence-corrected chi connectivity index (χ4v) is 3.96. The molecule has 3 aromatic rings. The Morgan fingerprint density at radius 1 is 0.950 bits per heavy atom. The van der Waals surface area contributed by atoms with E-state index in [4.69, 9.17) is 4.74 Å². The van der Waals surface area contributed by atoms with Gasteiger partial charge in [-0.2, -0.15) is 0 Å². The summed E-state index contributed by atoms with van der Waals surface area (Å²) in [6.45, 7) is 0. The van der Waals surface area contributed by atoms with Crippen LogP contribution in [0.4, 0.5) is 0 Å². The molecule has 0 radical (unpaired) electrons. The summed E-state index contributed by atoms with van der Waals surface area (Å²) in [4.78, 5) is 1.16. The first-order valence-electron chi connectivity index (χ1n) is 5.86. The molecule has 2 aromatic heterocycles. The van der Waals surface area contributed by atoms with Gasteiger partial charge in [0.1, 0.15) is 5.75 Å². The molecule has 0 bridgehead atoms. The van der Waals surface area contributed by atoms with Gasteiger partial charge in [-0.15, -0.1) is 35.3 Å². The fraction of sp³-hybridized carbons (Fsp3) is 0.0667. The summed E-state index contributed by atoms with van der Waals surface area (Å²) in [7, 11) is 1.70. The van der Waals surface area contributed by atoms with E-state index in [1.54, 1.807) is 41.5 Å². The molecule has 0 spiro atoms. The third-order valence-corrected chi connectivity index (χ3v) is 5.51. The van der Waals surface area contributed by atoms with Crippen LogP contribution < -0.4 is 4.74 Å². The molecule has 2 heterocycles. The highest BCUT2D eigenvalue weighted by Crippen LogP contribution is 2.36. The summed E-state index contributed by atoms with van der Waals surface area (Å²) in [5, 5.41) is 4.08. The average Bonchev–Trinajstić information content (AvgIpc) is 3.14. The maximum absolute atomic E-state index is 5.28. The Morgan fingerprint density at radius 3 is 2.25 bits per heavy atom. The predicted molar refractivity (Wildman–Crippen MR) is 93.0 cm³/mol. The summed E-state index contributed by atoms with van der Waals surface area (Å²) < 4.78 is 7.64. The summed E-state index contributed by atoms with van der Waals surface area (Å²) in [6, 6.07) is 16.2. The normalized spacial score (nSPS) is 9.70. The summed E-state index contributed by atoms with van der Waals surface area (Å²) in [5.74, 6) is 0.936. The Kier molecular flexibility index (Phi) is 6.53. The molecule has 0 aliphatic carbocycles. The van der Waals surface area contributed by atoms with E-state index in [2.05, 4.69) is 36.2 Å². The molecular formula is C15H14OS4. The largest absolute Gasteiger partial charge is 0.496 e. The van der Waals surface area contributed by atoms with Crippen molar-refractivity contribution < 1.29 is 4.74 Å². The number of hydrogen-bond acceptors (Lipinski definition) is 5. The third kappa shape index (κ3) is 4.90. The lowest BCUT2D eigenvalue weighted by Crippen LogP contribution is -1.84. The van der Waals surface area contributed by atoms with Gasteiger partial charge in [-0.1, -0.05) is 36.0 Å². The Hall–Kier alpha value is -0.880. The van der Waals surface area contributed by atoms with Gasteiger partial charge in [0.15, 0.2) is 0 Å². The molecule has 104 valence electrons. The predicted octanol–water partition coefficient (Wildman–Crippen LogP) is 5.94. The average molecular weight is 339 g/mol. The monoisotopic (exact) mass is 338 g/mol. The standard InChI is InChI=1S/C11H10OS2.C4H4S2/c1-12-9-5-2-3-6-10(9)14-11-7-4-8-13-11;5-4-2-1-3-6-4/h2-8H,1H3;1-3,5H. The van der Waals surface area contributed by atoms with Crippen LogP contribution in [0.25, 0.3) is 0 Å². The first-order chi connectivity index (χ1) is 9.79. The van der Waals surface area contributed by atoms with E-state index in [9.17, 15) is 0 Å². The van der Waals surface area contributed by atoms with Gasteiger partial charge in [0.25, 0.3) is 0 Å². The van der Waals surface area contributed by atoms with Crippen molar-refractivity contribution in [3.8, 4) is 5.75 Å². The molecule has 0 fully saturated rings. The molecule has 1 aromatic carbocycles. The van der Waals surface area contributed by atoms with Crippen molar-refractivity contribution in [1.82, 2.24) is 0 Å². The number of para-hydroxylation sites is 1. The van der Waals surface area contributed by atoms with E-state index in [1.165, 1.54) is 4.21 Å². The third-order valence-electron chi connectivity index (χ3n) is 2.28. The molecule has 5 heteroatoms. The van der Waals surface area contributed by atoms with Crippen molar-refractivity contribution in [3.63, 3.8) is 0 Å². The minimum atomic E-state index is 0.936. The number of hydrogen-bond donors (Lipinski definition) is 1. The quantitative estimate of drug-likeness (QED) is 0.591. The molecule has 0 amide bonds. The smallest absolute Gasteiger partial charge is 0.132 e. The lowest BCUT2D eigenvalue weighted by Gasteiger charge is -2.05. The van der Waals surface area contributed by atoms with E-state index in [-0.39, 0.29) is 0 Å². The minimum absolute atomic E-state index is 0.936. The van der Waals surface area contributed by atoms with E-state index in [0.29, 0.717) is 0 Å². The molecule has 0 atom stereocenters. The number of methoxy groups -OCH3 is 1. The van der Waals surface area contributed by atoms with Gasteiger partial charge < -0.3 is 4.74 Å². The molecule has 0 saturated heterocycles. The summed E-state index contributed by atoms with van der Waals surface area (Å²) in [5.41, 5.74) is 0. The highest BCUT2D eigenvalue weighted by Gasteiger charge is 2.03. The van der Waals surface area contributed by atoms with Crippen LogP contribution in [0.15, 0.2) is 72.6 Å². The molecule has 0 unspecified atom stereocenters. The minimum Gasteiger partial charge on any atom is -0.496 e. The van der Waals surface area contributed by atoms with Crippen molar-refractivity contribution >= 4 is 47.1 Å². The van der Waals surface area contributed by atoms with E-state index in [1.807, 2.05) is 35.7 Å². The highest BCUT2D eigenvalue weighted by atomic mass is 32.2. The van der Waals surface area contributed by atoms with Crippen molar-refractivity contribution in [2.24, 2.45) is 0 Å². The van der Waals surface area contributed by atoms with Crippen LogP contribution in [0.3, 0.4) is 0 Å². The van der Waals surface area contributed by atoms with Crippen molar-refractivity contribution in [2.75, 3.05) is 7.11 Å². The Bertz CT molecular complexity index is 603.